The van der Waals surface area contributed by atoms with Crippen LogP contribution in [0.1, 0.15) is 52.4 Å². The second kappa shape index (κ2) is 6.89. The van der Waals surface area contributed by atoms with Gasteiger partial charge in [-0.2, -0.15) is 0 Å². The van der Waals surface area contributed by atoms with Crippen LogP contribution in [-0.2, 0) is 9.59 Å². The van der Waals surface area contributed by atoms with E-state index in [-0.39, 0.29) is 18.2 Å². The number of nitrogens with one attached hydrogen (secondary N) is 1. The molecule has 19 heavy (non-hydrogen) atoms. The summed E-state index contributed by atoms with van der Waals surface area (Å²) in [5.41, 5.74) is 5.19. The first kappa shape index (κ1) is 16.0. The van der Waals surface area contributed by atoms with Crippen LogP contribution in [-0.4, -0.2) is 29.1 Å². The van der Waals surface area contributed by atoms with Crippen molar-refractivity contribution in [2.45, 2.75) is 57.9 Å². The summed E-state index contributed by atoms with van der Waals surface area (Å²) in [4.78, 5) is 22.9. The third-order valence-corrected chi connectivity index (χ3v) is 3.82. The van der Waals surface area contributed by atoms with Crippen LogP contribution in [0.15, 0.2) is 0 Å². The number of carboxylic acid groups (broad SMARTS) is 1. The summed E-state index contributed by atoms with van der Waals surface area (Å²) in [6, 6.07) is 0. The van der Waals surface area contributed by atoms with E-state index in [0.29, 0.717) is 18.9 Å². The molecule has 1 amide bonds. The Labute approximate surface area is 114 Å². The molecule has 1 aliphatic carbocycles. The van der Waals surface area contributed by atoms with Gasteiger partial charge in [-0.3, -0.25) is 9.59 Å². The average Bonchev–Trinajstić information content (AvgIpc) is 2.23. The molecule has 0 aromatic heterocycles. The van der Waals surface area contributed by atoms with E-state index >= 15 is 0 Å². The van der Waals surface area contributed by atoms with Gasteiger partial charge in [0, 0.05) is 6.42 Å². The molecule has 0 spiro atoms. The van der Waals surface area contributed by atoms with Crippen molar-refractivity contribution in [2.75, 3.05) is 6.54 Å². The summed E-state index contributed by atoms with van der Waals surface area (Å²) < 4.78 is 0. The van der Waals surface area contributed by atoms with Gasteiger partial charge in [-0.15, -0.1) is 0 Å². The van der Waals surface area contributed by atoms with Crippen molar-refractivity contribution in [3.8, 4) is 0 Å². The van der Waals surface area contributed by atoms with Gasteiger partial charge in [0.05, 0.1) is 12.0 Å². The third-order valence-electron chi connectivity index (χ3n) is 3.82. The molecular weight excluding hydrogens is 244 g/mol. The van der Waals surface area contributed by atoms with E-state index in [9.17, 15) is 9.59 Å². The fraction of sp³-hybridized carbons (Fsp3) is 0.857. The second-order valence-corrected chi connectivity index (χ2v) is 6.19. The monoisotopic (exact) mass is 270 g/mol. The van der Waals surface area contributed by atoms with Gasteiger partial charge in [0.15, 0.2) is 0 Å². The van der Waals surface area contributed by atoms with Crippen molar-refractivity contribution in [1.29, 1.82) is 0 Å². The highest BCUT2D eigenvalue weighted by molar-refractivity contribution is 5.78. The van der Waals surface area contributed by atoms with Crippen molar-refractivity contribution < 1.29 is 14.7 Å². The van der Waals surface area contributed by atoms with Gasteiger partial charge in [0.1, 0.15) is 0 Å². The van der Waals surface area contributed by atoms with Crippen LogP contribution < -0.4 is 11.1 Å². The Bertz CT molecular complexity index is 325. The van der Waals surface area contributed by atoms with Crippen molar-refractivity contribution >= 4 is 11.9 Å². The minimum Gasteiger partial charge on any atom is -0.481 e. The van der Waals surface area contributed by atoms with E-state index in [0.717, 1.165) is 25.7 Å². The highest BCUT2D eigenvalue weighted by atomic mass is 16.4. The zero-order chi connectivity index (χ0) is 14.5. The molecule has 0 aliphatic heterocycles. The third kappa shape index (κ3) is 5.19. The van der Waals surface area contributed by atoms with Crippen LogP contribution >= 0.6 is 0 Å². The van der Waals surface area contributed by atoms with Crippen LogP contribution in [0.2, 0.25) is 0 Å². The van der Waals surface area contributed by atoms with Gasteiger partial charge in [-0.25, -0.2) is 0 Å². The van der Waals surface area contributed by atoms with Gasteiger partial charge in [-0.1, -0.05) is 13.8 Å². The molecule has 1 aliphatic rings. The van der Waals surface area contributed by atoms with E-state index in [1.165, 1.54) is 0 Å². The molecule has 0 heterocycles. The lowest BCUT2D eigenvalue weighted by atomic mass is 9.74. The number of hydrogen-bond acceptors (Lipinski definition) is 3. The Hall–Kier alpha value is -1.10. The molecule has 0 bridgehead atoms. The molecule has 0 saturated heterocycles. The summed E-state index contributed by atoms with van der Waals surface area (Å²) in [6.07, 6.45) is 3.87. The molecule has 1 unspecified atom stereocenters. The Balaban J connectivity index is 2.46. The van der Waals surface area contributed by atoms with Gasteiger partial charge in [0.2, 0.25) is 5.91 Å². The number of carbonyl (C=O) groups is 2. The lowest BCUT2D eigenvalue weighted by molar-refractivity contribution is -0.140. The van der Waals surface area contributed by atoms with Crippen LogP contribution in [0.5, 0.6) is 0 Å². The molecule has 0 aromatic rings. The number of aliphatic carboxylic acids is 1. The minimum absolute atomic E-state index is 0.0240. The molecule has 0 aromatic carbocycles. The second-order valence-electron chi connectivity index (χ2n) is 6.19. The highest BCUT2D eigenvalue weighted by Gasteiger charge is 2.40. The smallest absolute Gasteiger partial charge is 0.305 e. The standard InChI is InChI=1S/C14H26N2O3/c1-10(2)6-11(9-15)7-12(17)16-14(4-3-5-14)8-13(18)19/h10-11H,3-9,15H2,1-2H3,(H,16,17)(H,18,19). The Morgan fingerprint density at radius 1 is 1.37 bits per heavy atom. The van der Waals surface area contributed by atoms with E-state index in [1.54, 1.807) is 0 Å². The SMILES string of the molecule is CC(C)CC(CN)CC(=O)NC1(CC(=O)O)CCC1. The van der Waals surface area contributed by atoms with Crippen LogP contribution in [0.4, 0.5) is 0 Å². The van der Waals surface area contributed by atoms with E-state index < -0.39 is 11.5 Å². The molecule has 5 heteroatoms. The largest absolute Gasteiger partial charge is 0.481 e. The van der Waals surface area contributed by atoms with Gasteiger partial charge < -0.3 is 16.2 Å². The summed E-state index contributed by atoms with van der Waals surface area (Å²) in [7, 11) is 0. The molecule has 4 N–H and O–H groups in total. The molecule has 110 valence electrons. The summed E-state index contributed by atoms with van der Waals surface area (Å²) >= 11 is 0. The Kier molecular flexibility index (Phi) is 5.79. The van der Waals surface area contributed by atoms with Crippen LogP contribution in [0.3, 0.4) is 0 Å². The number of nitrogens with two attached hydrogens (primary N) is 1. The minimum atomic E-state index is -0.849. The van der Waals surface area contributed by atoms with Gasteiger partial charge in [-0.05, 0) is 44.1 Å². The molecule has 1 saturated carbocycles. The molecule has 1 rings (SSSR count). The van der Waals surface area contributed by atoms with Crippen molar-refractivity contribution in [2.24, 2.45) is 17.6 Å². The lowest BCUT2D eigenvalue weighted by Crippen LogP contribution is -2.55. The predicted octanol–water partition coefficient (Wildman–Crippen LogP) is 1.51. The number of amides is 1. The van der Waals surface area contributed by atoms with E-state index in [1.807, 2.05) is 0 Å². The number of hydrogen-bond donors (Lipinski definition) is 3. The highest BCUT2D eigenvalue weighted by Crippen LogP contribution is 2.35. The number of rotatable bonds is 8. The number of carbonyl (C=O) groups excluding carboxylic acids is 1. The maximum Gasteiger partial charge on any atom is 0.305 e. The Morgan fingerprint density at radius 3 is 2.37 bits per heavy atom. The van der Waals surface area contributed by atoms with Gasteiger partial charge >= 0.3 is 5.97 Å². The number of carboxylic acids is 1. The van der Waals surface area contributed by atoms with Gasteiger partial charge in [0.25, 0.3) is 0 Å². The first-order valence-corrected chi connectivity index (χ1v) is 7.10. The molecular formula is C14H26N2O3. The maximum atomic E-state index is 12.0. The summed E-state index contributed by atoms with van der Waals surface area (Å²) in [5, 5.41) is 11.8. The summed E-state index contributed by atoms with van der Waals surface area (Å²) in [5.74, 6) is -0.213. The fourth-order valence-corrected chi connectivity index (χ4v) is 2.78. The first-order chi connectivity index (χ1) is 8.87. The van der Waals surface area contributed by atoms with Crippen molar-refractivity contribution in [3.63, 3.8) is 0 Å². The molecule has 5 nitrogen and oxygen atoms in total. The predicted molar refractivity (Wildman–Crippen MR) is 73.6 cm³/mol. The fourth-order valence-electron chi connectivity index (χ4n) is 2.78. The van der Waals surface area contributed by atoms with Crippen molar-refractivity contribution in [3.05, 3.63) is 0 Å². The first-order valence-electron chi connectivity index (χ1n) is 7.10. The molecule has 1 fully saturated rings. The van der Waals surface area contributed by atoms with Crippen LogP contribution in [0.25, 0.3) is 0 Å². The normalized spacial score (nSPS) is 18.7. The maximum absolute atomic E-state index is 12.0. The van der Waals surface area contributed by atoms with Crippen molar-refractivity contribution in [1.82, 2.24) is 5.32 Å². The van der Waals surface area contributed by atoms with E-state index in [4.69, 9.17) is 10.8 Å². The lowest BCUT2D eigenvalue weighted by Gasteiger charge is -2.41. The topological polar surface area (TPSA) is 92.4 Å². The van der Waals surface area contributed by atoms with E-state index in [2.05, 4.69) is 19.2 Å². The summed E-state index contributed by atoms with van der Waals surface area (Å²) in [6.45, 7) is 4.72. The van der Waals surface area contributed by atoms with Crippen LogP contribution in [0, 0.1) is 11.8 Å². The molecule has 1 atom stereocenters. The zero-order valence-electron chi connectivity index (χ0n) is 11.9. The zero-order valence-corrected chi connectivity index (χ0v) is 11.9. The average molecular weight is 270 g/mol. The quantitative estimate of drug-likeness (QED) is 0.623. The Morgan fingerprint density at radius 2 is 2.00 bits per heavy atom. The molecule has 0 radical (unpaired) electrons.